The van der Waals surface area contributed by atoms with Crippen molar-refractivity contribution in [3.05, 3.63) is 28.8 Å². The van der Waals surface area contributed by atoms with E-state index in [0.717, 1.165) is 24.2 Å². The molecule has 2 heterocycles. The molecule has 0 spiro atoms. The number of ether oxygens (including phenoxy) is 1. The molecule has 0 N–H and O–H groups in total. The third-order valence-electron chi connectivity index (χ3n) is 5.35. The van der Waals surface area contributed by atoms with Crippen molar-refractivity contribution in [1.82, 2.24) is 4.90 Å². The predicted molar refractivity (Wildman–Crippen MR) is 103 cm³/mol. The monoisotopic (exact) mass is 412 g/mol. The molecular formula is C19H20ClF3N4O. The third-order valence-corrected chi connectivity index (χ3v) is 5.68. The number of fused-ring (bicyclic) bond motifs is 1. The Morgan fingerprint density at radius 1 is 1.25 bits per heavy atom. The molecule has 3 atom stereocenters. The Bertz CT molecular complexity index is 863. The number of benzene rings is 1. The summed E-state index contributed by atoms with van der Waals surface area (Å²) in [5, 5.41) is 0.158. The maximum atomic E-state index is 12.5. The lowest BCUT2D eigenvalue weighted by molar-refractivity contribution is -0.274. The maximum absolute atomic E-state index is 12.5. The Morgan fingerprint density at radius 2 is 2.00 bits per heavy atom. The summed E-state index contributed by atoms with van der Waals surface area (Å²) >= 11 is 6.30. The van der Waals surface area contributed by atoms with E-state index in [1.165, 1.54) is 31.3 Å². The average Bonchev–Trinajstić information content (AvgIpc) is 3.44. The molecule has 3 unspecified atom stereocenters. The van der Waals surface area contributed by atoms with Crippen LogP contribution in [0, 0.1) is 5.92 Å². The molecule has 1 aliphatic carbocycles. The van der Waals surface area contributed by atoms with Crippen molar-refractivity contribution in [2.75, 3.05) is 6.54 Å². The molecule has 9 heteroatoms. The van der Waals surface area contributed by atoms with E-state index in [1.807, 2.05) is 6.92 Å². The van der Waals surface area contributed by atoms with E-state index in [1.54, 1.807) is 0 Å². The maximum Gasteiger partial charge on any atom is 0.573 e. The lowest BCUT2D eigenvalue weighted by Gasteiger charge is -2.41. The van der Waals surface area contributed by atoms with Crippen LogP contribution in [0.2, 0.25) is 5.02 Å². The average molecular weight is 413 g/mol. The topological polar surface area (TPSA) is 49.6 Å². The van der Waals surface area contributed by atoms with Gasteiger partial charge in [-0.25, -0.2) is 4.99 Å². The highest BCUT2D eigenvalue weighted by atomic mass is 35.5. The Labute approximate surface area is 166 Å². The lowest BCUT2D eigenvalue weighted by Crippen LogP contribution is -2.52. The molecule has 0 amide bonds. The summed E-state index contributed by atoms with van der Waals surface area (Å²) in [6, 6.07) is 3.50. The highest BCUT2D eigenvalue weighted by Gasteiger charge is 2.41. The summed E-state index contributed by atoms with van der Waals surface area (Å²) in [7, 11) is 0. The van der Waals surface area contributed by atoms with E-state index >= 15 is 0 Å². The third kappa shape index (κ3) is 3.87. The molecule has 1 saturated carbocycles. The van der Waals surface area contributed by atoms with Gasteiger partial charge in [-0.15, -0.1) is 13.2 Å². The molecule has 0 aromatic heterocycles. The Kier molecular flexibility index (Phi) is 4.85. The van der Waals surface area contributed by atoms with E-state index in [0.29, 0.717) is 17.5 Å². The van der Waals surface area contributed by atoms with Crippen molar-refractivity contribution in [3.63, 3.8) is 0 Å². The van der Waals surface area contributed by atoms with Gasteiger partial charge in [0.1, 0.15) is 30.0 Å². The van der Waals surface area contributed by atoms with Crippen molar-refractivity contribution in [2.24, 2.45) is 20.9 Å². The van der Waals surface area contributed by atoms with E-state index in [4.69, 9.17) is 16.6 Å². The molecule has 0 radical (unpaired) electrons. The van der Waals surface area contributed by atoms with Crippen LogP contribution < -0.4 is 4.74 Å². The summed E-state index contributed by atoms with van der Waals surface area (Å²) in [6.45, 7) is 4.90. The van der Waals surface area contributed by atoms with Crippen molar-refractivity contribution >= 4 is 29.5 Å². The van der Waals surface area contributed by atoms with Crippen LogP contribution in [0.15, 0.2) is 33.2 Å². The van der Waals surface area contributed by atoms with E-state index in [-0.39, 0.29) is 16.8 Å². The van der Waals surface area contributed by atoms with Crippen LogP contribution in [0.4, 0.5) is 13.2 Å². The van der Waals surface area contributed by atoms with E-state index < -0.39 is 12.4 Å². The molecule has 1 aromatic rings. The fourth-order valence-electron chi connectivity index (χ4n) is 3.82. The normalized spacial score (nSPS) is 25.7. The van der Waals surface area contributed by atoms with Gasteiger partial charge < -0.3 is 9.64 Å². The molecule has 3 aliphatic rings. The molecule has 0 saturated heterocycles. The highest BCUT2D eigenvalue weighted by molar-refractivity contribution is 6.31. The van der Waals surface area contributed by atoms with Gasteiger partial charge in [-0.1, -0.05) is 17.7 Å². The minimum atomic E-state index is -4.77. The minimum Gasteiger partial charge on any atom is -0.406 e. The summed E-state index contributed by atoms with van der Waals surface area (Å²) < 4.78 is 41.3. The molecule has 0 bridgehead atoms. The van der Waals surface area contributed by atoms with Gasteiger partial charge in [0, 0.05) is 16.8 Å². The molecule has 150 valence electrons. The standard InChI is InChI=1S/C19H20ClF3N4O/c1-10-8-27(11(2)12-3-4-12)18-17(26-10)16(24-9-25-18)14-6-5-13(7-15(14)20)28-19(21,22)23/h5-7,9,11-12,16-17H,3-4,8H2,1-2H3. The quantitative estimate of drug-likeness (QED) is 0.722. The van der Waals surface area contributed by atoms with Crippen LogP contribution >= 0.6 is 11.6 Å². The van der Waals surface area contributed by atoms with Crippen LogP contribution in [0.3, 0.4) is 0 Å². The lowest BCUT2D eigenvalue weighted by atomic mass is 9.95. The molecule has 2 aliphatic heterocycles. The van der Waals surface area contributed by atoms with Crippen LogP contribution in [0.1, 0.15) is 38.3 Å². The first kappa shape index (κ1) is 19.2. The van der Waals surface area contributed by atoms with Crippen LogP contribution in [0.5, 0.6) is 5.75 Å². The number of hydrogen-bond acceptors (Lipinski definition) is 5. The second kappa shape index (κ2) is 7.06. The van der Waals surface area contributed by atoms with Crippen molar-refractivity contribution in [2.45, 2.75) is 51.2 Å². The first-order chi connectivity index (χ1) is 13.2. The number of aliphatic imine (C=N–C) groups is 3. The van der Waals surface area contributed by atoms with Crippen LogP contribution in [-0.4, -0.2) is 47.8 Å². The van der Waals surface area contributed by atoms with E-state index in [9.17, 15) is 13.2 Å². The number of hydrogen-bond donors (Lipinski definition) is 0. The number of rotatable bonds is 4. The minimum absolute atomic E-state index is 0.158. The summed E-state index contributed by atoms with van der Waals surface area (Å²) in [5.74, 6) is 1.15. The largest absolute Gasteiger partial charge is 0.573 e. The van der Waals surface area contributed by atoms with Crippen molar-refractivity contribution in [1.29, 1.82) is 0 Å². The Morgan fingerprint density at radius 3 is 2.64 bits per heavy atom. The summed E-state index contributed by atoms with van der Waals surface area (Å²) in [4.78, 5) is 16.0. The van der Waals surface area contributed by atoms with Gasteiger partial charge in [0.15, 0.2) is 0 Å². The Balaban J connectivity index is 1.63. The number of halogens is 4. The smallest absolute Gasteiger partial charge is 0.406 e. The SMILES string of the molecule is CC1=NC2C(=NC=NC2c2ccc(OC(F)(F)F)cc2Cl)N(C(C)C2CC2)C1. The summed E-state index contributed by atoms with van der Waals surface area (Å²) in [6.07, 6.45) is -0.834. The zero-order chi connectivity index (χ0) is 20.1. The molecule has 5 nitrogen and oxygen atoms in total. The second-order valence-corrected chi connectivity index (χ2v) is 7.85. The molecule has 1 aromatic carbocycles. The van der Waals surface area contributed by atoms with Crippen molar-refractivity contribution in [3.8, 4) is 5.75 Å². The molecule has 28 heavy (non-hydrogen) atoms. The van der Waals surface area contributed by atoms with Crippen molar-refractivity contribution < 1.29 is 17.9 Å². The van der Waals surface area contributed by atoms with Gasteiger partial charge in [-0.2, -0.15) is 0 Å². The number of nitrogens with zero attached hydrogens (tertiary/aromatic N) is 4. The van der Waals surface area contributed by atoms with Gasteiger partial charge in [-0.05, 0) is 50.3 Å². The van der Waals surface area contributed by atoms with E-state index in [2.05, 4.69) is 26.5 Å². The zero-order valence-electron chi connectivity index (χ0n) is 15.4. The van der Waals surface area contributed by atoms with Gasteiger partial charge >= 0.3 is 6.36 Å². The number of amidine groups is 1. The molecule has 1 fully saturated rings. The Hall–Kier alpha value is -2.09. The number of alkyl halides is 3. The molecular weight excluding hydrogens is 393 g/mol. The predicted octanol–water partition coefficient (Wildman–Crippen LogP) is 4.66. The fourth-order valence-corrected chi connectivity index (χ4v) is 4.10. The van der Waals surface area contributed by atoms with Gasteiger partial charge in [0.2, 0.25) is 0 Å². The summed E-state index contributed by atoms with van der Waals surface area (Å²) in [5.41, 5.74) is 1.58. The van der Waals surface area contributed by atoms with Gasteiger partial charge in [-0.3, -0.25) is 9.98 Å². The highest BCUT2D eigenvalue weighted by Crippen LogP contribution is 2.40. The first-order valence-corrected chi connectivity index (χ1v) is 9.55. The van der Waals surface area contributed by atoms with Gasteiger partial charge in [0.25, 0.3) is 0 Å². The fraction of sp³-hybridized carbons (Fsp3) is 0.526. The molecule has 4 rings (SSSR count). The second-order valence-electron chi connectivity index (χ2n) is 7.44. The first-order valence-electron chi connectivity index (χ1n) is 9.17. The van der Waals surface area contributed by atoms with Gasteiger partial charge in [0.05, 0.1) is 6.54 Å². The zero-order valence-corrected chi connectivity index (χ0v) is 16.2. The van der Waals surface area contributed by atoms with Crippen LogP contribution in [-0.2, 0) is 0 Å². The van der Waals surface area contributed by atoms with Crippen LogP contribution in [0.25, 0.3) is 0 Å².